The average Bonchev–Trinajstić information content (AvgIpc) is 2.73. The van der Waals surface area contributed by atoms with E-state index < -0.39 is 0 Å². The average molecular weight is 407 g/mol. The van der Waals surface area contributed by atoms with Gasteiger partial charge in [-0.2, -0.15) is 0 Å². The Morgan fingerprint density at radius 1 is 1.21 bits per heavy atom. The lowest BCUT2D eigenvalue weighted by Gasteiger charge is -2.34. The van der Waals surface area contributed by atoms with E-state index >= 15 is 0 Å². The Hall–Kier alpha value is -1.83. The van der Waals surface area contributed by atoms with Gasteiger partial charge in [-0.15, -0.1) is 0 Å². The number of piperidine rings is 1. The monoisotopic (exact) mass is 406 g/mol. The summed E-state index contributed by atoms with van der Waals surface area (Å²) in [6.45, 7) is 5.78. The molecule has 0 radical (unpaired) electrons. The highest BCUT2D eigenvalue weighted by Crippen LogP contribution is 2.16. The van der Waals surface area contributed by atoms with Crippen LogP contribution in [-0.2, 0) is 16.0 Å². The van der Waals surface area contributed by atoms with Crippen molar-refractivity contribution in [3.8, 4) is 5.75 Å². The Bertz CT molecular complexity index is 601. The zero-order valence-corrected chi connectivity index (χ0v) is 18.5. The second-order valence-electron chi connectivity index (χ2n) is 7.60. The van der Waals surface area contributed by atoms with E-state index in [2.05, 4.69) is 32.2 Å². The van der Waals surface area contributed by atoms with Gasteiger partial charge in [0.1, 0.15) is 12.4 Å². The smallest absolute Gasteiger partial charge is 0.193 e. The molecule has 0 amide bonds. The number of nitrogens with zero attached hydrogens (tertiary/aromatic N) is 3. The van der Waals surface area contributed by atoms with Crippen molar-refractivity contribution in [2.24, 2.45) is 4.99 Å². The number of likely N-dealkylation sites (N-methyl/N-ethyl adjacent to an activating group) is 1. The molecular formula is C22H38N4O3. The van der Waals surface area contributed by atoms with Crippen molar-refractivity contribution >= 4 is 5.96 Å². The van der Waals surface area contributed by atoms with Gasteiger partial charge in [0, 0.05) is 53.6 Å². The number of likely N-dealkylation sites (tertiary alicyclic amines) is 1. The summed E-state index contributed by atoms with van der Waals surface area (Å²) in [7, 11) is 7.67. The first-order valence-electron chi connectivity index (χ1n) is 10.5. The van der Waals surface area contributed by atoms with Gasteiger partial charge in [-0.1, -0.05) is 12.1 Å². The van der Waals surface area contributed by atoms with Crippen molar-refractivity contribution in [2.45, 2.75) is 31.9 Å². The van der Waals surface area contributed by atoms with Crippen molar-refractivity contribution < 1.29 is 14.2 Å². The van der Waals surface area contributed by atoms with E-state index in [9.17, 15) is 0 Å². The lowest BCUT2D eigenvalue weighted by atomic mass is 10.1. The van der Waals surface area contributed by atoms with Crippen molar-refractivity contribution in [3.63, 3.8) is 0 Å². The van der Waals surface area contributed by atoms with Gasteiger partial charge in [-0.25, -0.2) is 0 Å². The molecule has 164 valence electrons. The molecule has 1 saturated heterocycles. The van der Waals surface area contributed by atoms with Gasteiger partial charge in [0.25, 0.3) is 0 Å². The Morgan fingerprint density at radius 3 is 2.69 bits per heavy atom. The molecule has 1 aromatic carbocycles. The standard InChI is InChI=1S/C22H38N4O3/c1-23-22(26-11-9-20(10-12-26)28-15-6-14-27-4)24-18-19-7-5-8-21(17-19)29-16-13-25(2)3/h5,7-8,17,20H,6,9-16,18H2,1-4H3,(H,23,24). The third-order valence-corrected chi connectivity index (χ3v) is 4.96. The molecule has 0 saturated carbocycles. The summed E-state index contributed by atoms with van der Waals surface area (Å²) in [5.41, 5.74) is 1.19. The SMILES string of the molecule is CN=C(NCc1cccc(OCCN(C)C)c1)N1CCC(OCCCOC)CC1. The van der Waals surface area contributed by atoms with E-state index in [4.69, 9.17) is 14.2 Å². The van der Waals surface area contributed by atoms with Crippen LogP contribution in [0.25, 0.3) is 0 Å². The maximum Gasteiger partial charge on any atom is 0.193 e. The van der Waals surface area contributed by atoms with Crippen LogP contribution < -0.4 is 10.1 Å². The molecule has 1 heterocycles. The highest BCUT2D eigenvalue weighted by atomic mass is 16.5. The van der Waals surface area contributed by atoms with E-state index in [1.807, 2.05) is 33.3 Å². The summed E-state index contributed by atoms with van der Waals surface area (Å²) in [4.78, 5) is 8.89. The summed E-state index contributed by atoms with van der Waals surface area (Å²) in [5.74, 6) is 1.86. The molecule has 0 aliphatic carbocycles. The van der Waals surface area contributed by atoms with Gasteiger partial charge in [0.05, 0.1) is 6.10 Å². The minimum Gasteiger partial charge on any atom is -0.492 e. The molecule has 0 aromatic heterocycles. The van der Waals surface area contributed by atoms with E-state index in [1.54, 1.807) is 7.11 Å². The number of ether oxygens (including phenoxy) is 3. The first-order chi connectivity index (χ1) is 14.1. The van der Waals surface area contributed by atoms with Crippen molar-refractivity contribution in [2.75, 3.05) is 67.7 Å². The molecule has 1 N–H and O–H groups in total. The third-order valence-electron chi connectivity index (χ3n) is 4.96. The number of nitrogens with one attached hydrogen (secondary N) is 1. The third kappa shape index (κ3) is 9.02. The predicted molar refractivity (Wildman–Crippen MR) is 118 cm³/mol. The molecule has 0 unspecified atom stereocenters. The van der Waals surface area contributed by atoms with E-state index in [0.29, 0.717) is 12.7 Å². The van der Waals surface area contributed by atoms with Crippen LogP contribution in [0.3, 0.4) is 0 Å². The van der Waals surface area contributed by atoms with E-state index in [0.717, 1.165) is 70.4 Å². The van der Waals surface area contributed by atoms with Crippen LogP contribution in [0.2, 0.25) is 0 Å². The van der Waals surface area contributed by atoms with Gasteiger partial charge in [-0.05, 0) is 51.1 Å². The van der Waals surface area contributed by atoms with Gasteiger partial charge in [0.2, 0.25) is 0 Å². The van der Waals surface area contributed by atoms with Crippen LogP contribution >= 0.6 is 0 Å². The Kier molecular flexibility index (Phi) is 10.8. The first-order valence-corrected chi connectivity index (χ1v) is 10.5. The second kappa shape index (κ2) is 13.4. The fourth-order valence-corrected chi connectivity index (χ4v) is 3.29. The van der Waals surface area contributed by atoms with Gasteiger partial charge >= 0.3 is 0 Å². The highest BCUT2D eigenvalue weighted by molar-refractivity contribution is 5.80. The van der Waals surface area contributed by atoms with Crippen LogP contribution in [0.15, 0.2) is 29.3 Å². The summed E-state index contributed by atoms with van der Waals surface area (Å²) in [6, 6.07) is 8.25. The van der Waals surface area contributed by atoms with E-state index in [1.165, 1.54) is 5.56 Å². The molecule has 1 fully saturated rings. The zero-order chi connectivity index (χ0) is 20.9. The number of guanidine groups is 1. The Balaban J connectivity index is 1.74. The fourth-order valence-electron chi connectivity index (χ4n) is 3.29. The van der Waals surface area contributed by atoms with Crippen molar-refractivity contribution in [3.05, 3.63) is 29.8 Å². The Labute approximate surface area is 176 Å². The largest absolute Gasteiger partial charge is 0.492 e. The summed E-state index contributed by atoms with van der Waals surface area (Å²) in [5, 5.41) is 3.49. The molecule has 1 aliphatic rings. The summed E-state index contributed by atoms with van der Waals surface area (Å²) < 4.78 is 16.9. The number of hydrogen-bond donors (Lipinski definition) is 1. The quantitative estimate of drug-likeness (QED) is 0.345. The first kappa shape index (κ1) is 23.4. The van der Waals surface area contributed by atoms with Crippen LogP contribution in [0.4, 0.5) is 0 Å². The summed E-state index contributed by atoms with van der Waals surface area (Å²) >= 11 is 0. The van der Waals surface area contributed by atoms with Crippen molar-refractivity contribution in [1.82, 2.24) is 15.1 Å². The van der Waals surface area contributed by atoms with Gasteiger partial charge in [0.15, 0.2) is 5.96 Å². The lowest BCUT2D eigenvalue weighted by Crippen LogP contribution is -2.46. The molecule has 7 heteroatoms. The number of benzene rings is 1. The summed E-state index contributed by atoms with van der Waals surface area (Å²) in [6.07, 6.45) is 3.36. The molecule has 7 nitrogen and oxygen atoms in total. The number of rotatable bonds is 11. The minimum absolute atomic E-state index is 0.345. The van der Waals surface area contributed by atoms with Crippen LogP contribution in [0.5, 0.6) is 5.75 Å². The van der Waals surface area contributed by atoms with Crippen LogP contribution in [0, 0.1) is 0 Å². The predicted octanol–water partition coefficient (Wildman–Crippen LogP) is 2.22. The topological polar surface area (TPSA) is 58.6 Å². The molecule has 1 aromatic rings. The van der Waals surface area contributed by atoms with Crippen LogP contribution in [0.1, 0.15) is 24.8 Å². The van der Waals surface area contributed by atoms with Crippen LogP contribution in [-0.4, -0.2) is 89.6 Å². The number of hydrogen-bond acceptors (Lipinski definition) is 5. The van der Waals surface area contributed by atoms with Crippen molar-refractivity contribution in [1.29, 1.82) is 0 Å². The number of methoxy groups -OCH3 is 1. The van der Waals surface area contributed by atoms with Gasteiger partial charge in [-0.3, -0.25) is 4.99 Å². The van der Waals surface area contributed by atoms with Gasteiger partial charge < -0.3 is 29.3 Å². The molecule has 1 aliphatic heterocycles. The maximum absolute atomic E-state index is 5.95. The molecule has 2 rings (SSSR count). The zero-order valence-electron chi connectivity index (χ0n) is 18.5. The lowest BCUT2D eigenvalue weighted by molar-refractivity contribution is 0.00989. The van der Waals surface area contributed by atoms with E-state index in [-0.39, 0.29) is 0 Å². The molecule has 0 bridgehead atoms. The molecule has 0 spiro atoms. The normalized spacial score (nSPS) is 15.8. The second-order valence-corrected chi connectivity index (χ2v) is 7.60. The molecule has 0 atom stereocenters. The maximum atomic E-state index is 5.95. The number of aliphatic imine (C=N–C) groups is 1. The molecule has 29 heavy (non-hydrogen) atoms. The highest BCUT2D eigenvalue weighted by Gasteiger charge is 2.21. The fraction of sp³-hybridized carbons (Fsp3) is 0.682. The Morgan fingerprint density at radius 2 is 2.00 bits per heavy atom. The molecular weight excluding hydrogens is 368 g/mol. The minimum atomic E-state index is 0.345.